The first-order chi connectivity index (χ1) is 9.09. The lowest BCUT2D eigenvalue weighted by atomic mass is 9.86. The molecule has 0 aliphatic carbocycles. The van der Waals surface area contributed by atoms with Gasteiger partial charge in [0.05, 0.1) is 5.52 Å². The van der Waals surface area contributed by atoms with Gasteiger partial charge in [0.1, 0.15) is 5.69 Å². The van der Waals surface area contributed by atoms with E-state index in [4.69, 9.17) is 0 Å². The Hall–Kier alpha value is -1.70. The third kappa shape index (κ3) is 2.90. The van der Waals surface area contributed by atoms with E-state index in [0.29, 0.717) is 5.69 Å². The highest BCUT2D eigenvalue weighted by atomic mass is 16.1. The molecule has 106 valence electrons. The molecular weight excluding hydrogens is 246 g/mol. The summed E-state index contributed by atoms with van der Waals surface area (Å²) in [6.07, 6.45) is 0. The minimum atomic E-state index is -0.397. The van der Waals surface area contributed by atoms with Crippen LogP contribution in [0.15, 0.2) is 30.3 Å². The van der Waals surface area contributed by atoms with Gasteiger partial charge in [0.15, 0.2) is 5.78 Å². The van der Waals surface area contributed by atoms with Crippen molar-refractivity contribution < 1.29 is 4.79 Å². The predicted molar refractivity (Wildman–Crippen MR) is 84.2 cm³/mol. The van der Waals surface area contributed by atoms with Gasteiger partial charge in [0, 0.05) is 10.8 Å². The SMILES string of the molecule is CC(C)(C)C(=O)c1ccc2cc(C(C)(C)C)ccc2n1. The monoisotopic (exact) mass is 269 g/mol. The van der Waals surface area contributed by atoms with Gasteiger partial charge in [-0.1, -0.05) is 53.7 Å². The van der Waals surface area contributed by atoms with Gasteiger partial charge in [0.25, 0.3) is 0 Å². The molecule has 0 spiro atoms. The van der Waals surface area contributed by atoms with Crippen molar-refractivity contribution in [1.82, 2.24) is 4.98 Å². The molecule has 0 saturated heterocycles. The molecule has 0 radical (unpaired) electrons. The fraction of sp³-hybridized carbons (Fsp3) is 0.444. The molecule has 20 heavy (non-hydrogen) atoms. The highest BCUT2D eigenvalue weighted by Gasteiger charge is 2.24. The van der Waals surface area contributed by atoms with Gasteiger partial charge in [-0.3, -0.25) is 4.79 Å². The molecule has 2 rings (SSSR count). The molecule has 2 nitrogen and oxygen atoms in total. The fourth-order valence-corrected chi connectivity index (χ4v) is 2.10. The number of fused-ring (bicyclic) bond motifs is 1. The van der Waals surface area contributed by atoms with Crippen molar-refractivity contribution in [1.29, 1.82) is 0 Å². The Morgan fingerprint density at radius 1 is 0.950 bits per heavy atom. The molecule has 1 heterocycles. The van der Waals surface area contributed by atoms with Gasteiger partial charge in [0.2, 0.25) is 0 Å². The number of ketones is 1. The van der Waals surface area contributed by atoms with E-state index in [0.717, 1.165) is 10.9 Å². The molecule has 2 heteroatoms. The quantitative estimate of drug-likeness (QED) is 0.698. The molecule has 0 bridgehead atoms. The topological polar surface area (TPSA) is 30.0 Å². The highest BCUT2D eigenvalue weighted by Crippen LogP contribution is 2.26. The Labute approximate surface area is 121 Å². The third-order valence-electron chi connectivity index (χ3n) is 3.47. The summed E-state index contributed by atoms with van der Waals surface area (Å²) >= 11 is 0. The zero-order chi connectivity index (χ0) is 15.1. The summed E-state index contributed by atoms with van der Waals surface area (Å²) < 4.78 is 0. The Morgan fingerprint density at radius 2 is 1.60 bits per heavy atom. The van der Waals surface area contributed by atoms with Crippen molar-refractivity contribution in [2.45, 2.75) is 47.0 Å². The number of rotatable bonds is 1. The van der Waals surface area contributed by atoms with Crippen LogP contribution in [0, 0.1) is 5.41 Å². The molecule has 0 saturated carbocycles. The largest absolute Gasteiger partial charge is 0.292 e. The van der Waals surface area contributed by atoms with Crippen LogP contribution < -0.4 is 0 Å². The first-order valence-electron chi connectivity index (χ1n) is 7.05. The fourth-order valence-electron chi connectivity index (χ4n) is 2.10. The summed E-state index contributed by atoms with van der Waals surface area (Å²) in [5, 5.41) is 1.09. The van der Waals surface area contributed by atoms with Crippen LogP contribution in [0.2, 0.25) is 0 Å². The van der Waals surface area contributed by atoms with Crippen LogP contribution >= 0.6 is 0 Å². The Morgan fingerprint density at radius 3 is 2.15 bits per heavy atom. The first-order valence-corrected chi connectivity index (χ1v) is 7.05. The second-order valence-electron chi connectivity index (χ2n) is 7.43. The summed E-state index contributed by atoms with van der Waals surface area (Å²) in [5.74, 6) is 0.0827. The minimum Gasteiger partial charge on any atom is -0.292 e. The number of pyridine rings is 1. The molecule has 1 aromatic carbocycles. The number of carbonyl (C=O) groups is 1. The van der Waals surface area contributed by atoms with E-state index in [1.165, 1.54) is 5.56 Å². The van der Waals surface area contributed by atoms with E-state index < -0.39 is 5.41 Å². The van der Waals surface area contributed by atoms with Crippen molar-refractivity contribution >= 4 is 16.7 Å². The molecule has 0 atom stereocenters. The van der Waals surface area contributed by atoms with E-state index in [1.54, 1.807) is 0 Å². The van der Waals surface area contributed by atoms with Gasteiger partial charge in [-0.15, -0.1) is 0 Å². The predicted octanol–water partition coefficient (Wildman–Crippen LogP) is 4.76. The van der Waals surface area contributed by atoms with E-state index in [1.807, 2.05) is 39.0 Å². The van der Waals surface area contributed by atoms with Crippen molar-refractivity contribution in [3.63, 3.8) is 0 Å². The van der Waals surface area contributed by atoms with Crippen LogP contribution in [-0.2, 0) is 5.41 Å². The number of Topliss-reactive ketones (excluding diaryl/α,β-unsaturated/α-hetero) is 1. The number of nitrogens with zero attached hydrogens (tertiary/aromatic N) is 1. The Balaban J connectivity index is 2.50. The van der Waals surface area contributed by atoms with Crippen LogP contribution in [0.1, 0.15) is 57.6 Å². The molecule has 0 fully saturated rings. The maximum Gasteiger partial charge on any atom is 0.186 e. The smallest absolute Gasteiger partial charge is 0.186 e. The summed E-state index contributed by atoms with van der Waals surface area (Å²) in [6.45, 7) is 12.3. The lowest BCUT2D eigenvalue weighted by Crippen LogP contribution is -2.21. The maximum atomic E-state index is 12.3. The van der Waals surface area contributed by atoms with Crippen molar-refractivity contribution in [2.75, 3.05) is 0 Å². The van der Waals surface area contributed by atoms with E-state index in [-0.39, 0.29) is 11.2 Å². The minimum absolute atomic E-state index is 0.0827. The van der Waals surface area contributed by atoms with Gasteiger partial charge in [-0.2, -0.15) is 0 Å². The number of carbonyl (C=O) groups excluding carboxylic acids is 1. The molecule has 0 aliphatic rings. The van der Waals surface area contributed by atoms with E-state index in [2.05, 4.69) is 37.9 Å². The average molecular weight is 269 g/mol. The normalized spacial score (nSPS) is 12.7. The van der Waals surface area contributed by atoms with Crippen LogP contribution in [0.25, 0.3) is 10.9 Å². The second kappa shape index (κ2) is 4.69. The second-order valence-corrected chi connectivity index (χ2v) is 7.43. The maximum absolute atomic E-state index is 12.3. The number of aromatic nitrogens is 1. The number of hydrogen-bond acceptors (Lipinski definition) is 2. The molecule has 2 aromatic rings. The van der Waals surface area contributed by atoms with E-state index >= 15 is 0 Å². The lowest BCUT2D eigenvalue weighted by molar-refractivity contribution is 0.0853. The zero-order valence-electron chi connectivity index (χ0n) is 13.2. The van der Waals surface area contributed by atoms with Crippen LogP contribution in [-0.4, -0.2) is 10.8 Å². The first kappa shape index (κ1) is 14.7. The van der Waals surface area contributed by atoms with Crippen molar-refractivity contribution in [2.24, 2.45) is 5.41 Å². The summed E-state index contributed by atoms with van der Waals surface area (Å²) in [4.78, 5) is 16.8. The van der Waals surface area contributed by atoms with Crippen LogP contribution in [0.3, 0.4) is 0 Å². The zero-order valence-corrected chi connectivity index (χ0v) is 13.2. The molecule has 0 N–H and O–H groups in total. The molecule has 0 unspecified atom stereocenters. The Kier molecular flexibility index (Phi) is 3.45. The van der Waals surface area contributed by atoms with Crippen LogP contribution in [0.5, 0.6) is 0 Å². The summed E-state index contributed by atoms with van der Waals surface area (Å²) in [5.41, 5.74) is 2.43. The third-order valence-corrected chi connectivity index (χ3v) is 3.47. The van der Waals surface area contributed by atoms with Crippen LogP contribution in [0.4, 0.5) is 0 Å². The van der Waals surface area contributed by atoms with Gasteiger partial charge in [-0.05, 0) is 29.2 Å². The molecule has 0 aliphatic heterocycles. The van der Waals surface area contributed by atoms with Crippen molar-refractivity contribution in [3.8, 4) is 0 Å². The standard InChI is InChI=1S/C18H23NO/c1-17(2,3)13-8-10-14-12(11-13)7-9-15(19-14)16(20)18(4,5)6/h7-11H,1-6H3. The molecular formula is C18H23NO. The Bertz CT molecular complexity index is 657. The van der Waals surface area contributed by atoms with E-state index in [9.17, 15) is 4.79 Å². The summed E-state index contributed by atoms with van der Waals surface area (Å²) in [6, 6.07) is 10.1. The number of benzene rings is 1. The van der Waals surface area contributed by atoms with Gasteiger partial charge >= 0.3 is 0 Å². The summed E-state index contributed by atoms with van der Waals surface area (Å²) in [7, 11) is 0. The highest BCUT2D eigenvalue weighted by molar-refractivity contribution is 5.99. The molecule has 1 aromatic heterocycles. The van der Waals surface area contributed by atoms with Crippen molar-refractivity contribution in [3.05, 3.63) is 41.6 Å². The lowest BCUT2D eigenvalue weighted by Gasteiger charge is -2.20. The average Bonchev–Trinajstić information content (AvgIpc) is 2.34. The van der Waals surface area contributed by atoms with Gasteiger partial charge in [-0.25, -0.2) is 4.98 Å². The number of hydrogen-bond donors (Lipinski definition) is 0. The van der Waals surface area contributed by atoms with Gasteiger partial charge < -0.3 is 0 Å². The molecule has 0 amide bonds.